The van der Waals surface area contributed by atoms with Gasteiger partial charge in [0.1, 0.15) is 0 Å². The van der Waals surface area contributed by atoms with Crippen molar-refractivity contribution in [3.8, 4) is 0 Å². The maximum atomic E-state index is 14.1. The summed E-state index contributed by atoms with van der Waals surface area (Å²) in [5.74, 6) is -1.74. The zero-order valence-electron chi connectivity index (χ0n) is 10.4. The highest BCUT2D eigenvalue weighted by Crippen LogP contribution is 2.54. The summed E-state index contributed by atoms with van der Waals surface area (Å²) in [7, 11) is 0. The molecule has 1 aliphatic rings. The Kier molecular flexibility index (Phi) is 6.10. The molecule has 1 fully saturated rings. The molecule has 0 N–H and O–H groups in total. The fourth-order valence-corrected chi connectivity index (χ4v) is 2.42. The molecule has 1 atom stereocenters. The third-order valence-corrected chi connectivity index (χ3v) is 3.33. The molecule has 0 aromatic rings. The van der Waals surface area contributed by atoms with Crippen LogP contribution < -0.4 is 0 Å². The molecule has 1 unspecified atom stereocenters. The van der Waals surface area contributed by atoms with E-state index in [2.05, 4.69) is 4.74 Å². The topological polar surface area (TPSA) is 9.23 Å². The minimum absolute atomic E-state index is 0. The van der Waals surface area contributed by atoms with Gasteiger partial charge in [0, 0.05) is 5.92 Å². The smallest absolute Gasteiger partial charge is 0.318 e. The highest BCUT2D eigenvalue weighted by atomic mass is 19.4. The molecule has 8 heteroatoms. The number of hydrogen-bond acceptors (Lipinski definition) is 1. The summed E-state index contributed by atoms with van der Waals surface area (Å²) < 4.78 is 83.1. The third-order valence-electron chi connectivity index (χ3n) is 3.33. The predicted molar refractivity (Wildman–Crippen MR) is 55.5 cm³/mol. The van der Waals surface area contributed by atoms with Gasteiger partial charge in [-0.2, -0.15) is 22.0 Å². The second-order valence-corrected chi connectivity index (χ2v) is 4.49. The maximum absolute atomic E-state index is 14.1. The quantitative estimate of drug-likeness (QED) is 0.688. The lowest BCUT2D eigenvalue weighted by atomic mass is 9.76. The molecule has 1 nitrogen and oxygen atoms in total. The molecule has 0 aromatic heterocycles. The molecule has 0 radical (unpaired) electrons. The van der Waals surface area contributed by atoms with Crippen LogP contribution in [0.25, 0.3) is 0 Å². The Morgan fingerprint density at radius 3 is 1.79 bits per heavy atom. The molecule has 1 saturated carbocycles. The molecule has 116 valence electrons. The Bertz CT molecular complexity index is 273. The Labute approximate surface area is 106 Å². The third kappa shape index (κ3) is 3.32. The number of alkyl halides is 6. The summed E-state index contributed by atoms with van der Waals surface area (Å²) in [6.07, 6.45) is -9.58. The average molecular weight is 298 g/mol. The molecule has 0 aliphatic heterocycles. The molecule has 0 bridgehead atoms. The Morgan fingerprint density at radius 1 is 0.947 bits per heavy atom. The largest absolute Gasteiger partial charge is 0.431 e. The lowest BCUT2D eigenvalue weighted by Crippen LogP contribution is -2.61. The first-order valence-electron chi connectivity index (χ1n) is 5.94. The van der Waals surface area contributed by atoms with Crippen molar-refractivity contribution in [2.75, 3.05) is 6.61 Å². The number of hydrogen-bond donors (Lipinski definition) is 0. The van der Waals surface area contributed by atoms with Crippen molar-refractivity contribution < 1.29 is 35.8 Å². The van der Waals surface area contributed by atoms with Crippen LogP contribution in [0.4, 0.5) is 31.0 Å². The van der Waals surface area contributed by atoms with Gasteiger partial charge in [-0.25, -0.2) is 4.39 Å². The van der Waals surface area contributed by atoms with Gasteiger partial charge in [0.15, 0.2) is 0 Å². The van der Waals surface area contributed by atoms with Crippen LogP contribution in [-0.2, 0) is 4.74 Å². The zero-order chi connectivity index (χ0) is 14.0. The minimum Gasteiger partial charge on any atom is -0.318 e. The van der Waals surface area contributed by atoms with Crippen molar-refractivity contribution in [3.05, 3.63) is 0 Å². The molecular weight excluding hydrogens is 281 g/mol. The van der Waals surface area contributed by atoms with E-state index in [0.717, 1.165) is 6.92 Å². The van der Waals surface area contributed by atoms with Crippen molar-refractivity contribution in [2.45, 2.75) is 57.0 Å². The Balaban J connectivity index is 0.00000324. The van der Waals surface area contributed by atoms with E-state index in [1.807, 2.05) is 0 Å². The highest BCUT2D eigenvalue weighted by Gasteiger charge is 2.75. The molecule has 1 aliphatic carbocycles. The lowest BCUT2D eigenvalue weighted by Gasteiger charge is -2.41. The summed E-state index contributed by atoms with van der Waals surface area (Å²) in [4.78, 5) is 0. The molecule has 0 heterocycles. The van der Waals surface area contributed by atoms with E-state index in [4.69, 9.17) is 0 Å². The summed E-state index contributed by atoms with van der Waals surface area (Å²) in [5.41, 5.74) is -4.60. The van der Waals surface area contributed by atoms with E-state index < -0.39 is 30.5 Å². The van der Waals surface area contributed by atoms with Gasteiger partial charge >= 0.3 is 12.3 Å². The van der Waals surface area contributed by atoms with E-state index in [1.54, 1.807) is 0 Å². The Morgan fingerprint density at radius 2 is 1.42 bits per heavy atom. The van der Waals surface area contributed by atoms with Crippen molar-refractivity contribution >= 4 is 0 Å². The van der Waals surface area contributed by atoms with E-state index >= 15 is 0 Å². The second-order valence-electron chi connectivity index (χ2n) is 4.49. The van der Waals surface area contributed by atoms with Gasteiger partial charge in [0.05, 0.1) is 6.61 Å². The number of halogens is 7. The van der Waals surface area contributed by atoms with Gasteiger partial charge < -0.3 is 4.74 Å². The van der Waals surface area contributed by atoms with Gasteiger partial charge in [-0.1, -0.05) is 19.3 Å². The van der Waals surface area contributed by atoms with Crippen LogP contribution in [0.15, 0.2) is 0 Å². The van der Waals surface area contributed by atoms with E-state index in [9.17, 15) is 26.3 Å². The van der Waals surface area contributed by atoms with E-state index in [-0.39, 0.29) is 17.5 Å². The molecule has 0 spiro atoms. The number of ether oxygens (including phenoxy) is 1. The van der Waals surface area contributed by atoms with Crippen molar-refractivity contribution in [2.24, 2.45) is 5.92 Å². The average Bonchev–Trinajstić information content (AvgIpc) is 2.27. The Hall–Kier alpha value is -0.530. The first kappa shape index (κ1) is 18.5. The highest BCUT2D eigenvalue weighted by molar-refractivity contribution is 5.01. The standard InChI is InChI=1S/C11H16F6O.FH/c1-2-18-11(16,17)9(12,10(13,14)15)8-6-4-3-5-7-8;/h8H,2-7H2,1H3;1H. The van der Waals surface area contributed by atoms with Crippen LogP contribution in [0.3, 0.4) is 0 Å². The predicted octanol–water partition coefficient (Wildman–Crippen LogP) is 4.62. The van der Waals surface area contributed by atoms with Crippen molar-refractivity contribution in [3.63, 3.8) is 0 Å². The monoisotopic (exact) mass is 298 g/mol. The lowest BCUT2D eigenvalue weighted by molar-refractivity contribution is -0.397. The SMILES string of the molecule is CCOC(F)(F)C(F)(C1CCCCC1)C(F)(F)F.F. The van der Waals surface area contributed by atoms with Gasteiger partial charge in [-0.15, -0.1) is 0 Å². The summed E-state index contributed by atoms with van der Waals surface area (Å²) in [6, 6.07) is 0. The summed E-state index contributed by atoms with van der Waals surface area (Å²) in [6.45, 7) is 0.424. The van der Waals surface area contributed by atoms with Crippen LogP contribution in [-0.4, -0.2) is 24.6 Å². The van der Waals surface area contributed by atoms with Gasteiger partial charge in [-0.05, 0) is 19.8 Å². The normalized spacial score (nSPS) is 21.6. The zero-order valence-corrected chi connectivity index (χ0v) is 10.4. The van der Waals surface area contributed by atoms with Crippen LogP contribution in [0.2, 0.25) is 0 Å². The fraction of sp³-hybridized carbons (Fsp3) is 1.00. The summed E-state index contributed by atoms with van der Waals surface area (Å²) in [5, 5.41) is 0. The molecule has 0 saturated heterocycles. The fourth-order valence-electron chi connectivity index (χ4n) is 2.42. The van der Waals surface area contributed by atoms with Crippen LogP contribution in [0.5, 0.6) is 0 Å². The maximum Gasteiger partial charge on any atom is 0.431 e. The van der Waals surface area contributed by atoms with E-state index in [1.165, 1.54) is 0 Å². The number of rotatable bonds is 4. The molecule has 0 aromatic carbocycles. The molecule has 1 rings (SSSR count). The van der Waals surface area contributed by atoms with E-state index in [0.29, 0.717) is 19.3 Å². The first-order chi connectivity index (χ1) is 8.17. The minimum atomic E-state index is -5.65. The van der Waals surface area contributed by atoms with Crippen LogP contribution in [0.1, 0.15) is 39.0 Å². The molecule has 19 heavy (non-hydrogen) atoms. The summed E-state index contributed by atoms with van der Waals surface area (Å²) >= 11 is 0. The van der Waals surface area contributed by atoms with Crippen LogP contribution in [0, 0.1) is 5.92 Å². The van der Waals surface area contributed by atoms with Gasteiger partial charge in [0.25, 0.3) is 5.67 Å². The van der Waals surface area contributed by atoms with Crippen LogP contribution >= 0.6 is 0 Å². The van der Waals surface area contributed by atoms with Crippen molar-refractivity contribution in [1.82, 2.24) is 0 Å². The molecular formula is C11H17F7O. The molecule has 0 amide bonds. The van der Waals surface area contributed by atoms with Crippen molar-refractivity contribution in [1.29, 1.82) is 0 Å². The first-order valence-corrected chi connectivity index (χ1v) is 5.94. The second kappa shape index (κ2) is 6.28. The van der Waals surface area contributed by atoms with Gasteiger partial charge in [-0.3, -0.25) is 4.70 Å². The van der Waals surface area contributed by atoms with Gasteiger partial charge in [0.2, 0.25) is 0 Å².